The molecule has 208 valence electrons. The van der Waals surface area contributed by atoms with Gasteiger partial charge in [0.05, 0.1) is 17.7 Å². The molecule has 3 aromatic carbocycles. The maximum atomic E-state index is 13.9. The van der Waals surface area contributed by atoms with Gasteiger partial charge >= 0.3 is 0 Å². The Morgan fingerprint density at radius 3 is 2.26 bits per heavy atom. The molecule has 10 heteroatoms. The van der Waals surface area contributed by atoms with E-state index < -0.39 is 34.1 Å². The van der Waals surface area contributed by atoms with E-state index in [9.17, 15) is 18.0 Å². The highest BCUT2D eigenvalue weighted by Crippen LogP contribution is 2.27. The normalized spacial score (nSPS) is 12.4. The Bertz CT molecular complexity index is 1410. The summed E-state index contributed by atoms with van der Waals surface area (Å²) in [6.45, 7) is 6.66. The van der Waals surface area contributed by atoms with Crippen LogP contribution in [0, 0.1) is 0 Å². The van der Waals surface area contributed by atoms with Gasteiger partial charge in [-0.25, -0.2) is 8.42 Å². The van der Waals surface area contributed by atoms with E-state index in [0.717, 1.165) is 4.31 Å². The first-order valence-electron chi connectivity index (χ1n) is 12.4. The number of carbonyl (C=O) groups is 2. The summed E-state index contributed by atoms with van der Waals surface area (Å²) in [6, 6.07) is 20.4. The fraction of sp³-hybridized carbons (Fsp3) is 0.310. The predicted molar refractivity (Wildman–Crippen MR) is 153 cm³/mol. The number of nitrogens with zero attached hydrogens (tertiary/aromatic N) is 2. The van der Waals surface area contributed by atoms with E-state index in [1.807, 2.05) is 20.8 Å². The third kappa shape index (κ3) is 7.97. The number of hydrogen-bond acceptors (Lipinski definition) is 5. The monoisotopic (exact) mass is 571 g/mol. The molecule has 0 aromatic heterocycles. The van der Waals surface area contributed by atoms with Crippen molar-refractivity contribution in [3.63, 3.8) is 0 Å². The maximum absolute atomic E-state index is 13.9. The van der Waals surface area contributed by atoms with Crippen LogP contribution in [0.3, 0.4) is 0 Å². The van der Waals surface area contributed by atoms with Crippen LogP contribution in [0.2, 0.25) is 5.02 Å². The van der Waals surface area contributed by atoms with E-state index in [2.05, 4.69) is 5.32 Å². The highest BCUT2D eigenvalue weighted by molar-refractivity contribution is 7.92. The Kier molecular flexibility index (Phi) is 9.63. The van der Waals surface area contributed by atoms with Gasteiger partial charge in [-0.2, -0.15) is 0 Å². The van der Waals surface area contributed by atoms with Crippen LogP contribution in [0.4, 0.5) is 5.69 Å². The molecule has 1 N–H and O–H groups in total. The molecule has 0 aliphatic heterocycles. The fourth-order valence-electron chi connectivity index (χ4n) is 3.90. The number of anilines is 1. The summed E-state index contributed by atoms with van der Waals surface area (Å²) in [7, 11) is -2.68. The van der Waals surface area contributed by atoms with E-state index >= 15 is 0 Å². The lowest BCUT2D eigenvalue weighted by Crippen LogP contribution is -2.54. The molecule has 0 bridgehead atoms. The number of ether oxygens (including phenoxy) is 1. The largest absolute Gasteiger partial charge is 0.497 e. The molecule has 0 heterocycles. The summed E-state index contributed by atoms with van der Waals surface area (Å²) in [4.78, 5) is 28.5. The zero-order chi connectivity index (χ0) is 28.8. The van der Waals surface area contributed by atoms with Gasteiger partial charge in [0, 0.05) is 23.2 Å². The second kappa shape index (κ2) is 12.5. The summed E-state index contributed by atoms with van der Waals surface area (Å²) in [5.41, 5.74) is 0.422. The van der Waals surface area contributed by atoms with E-state index in [-0.39, 0.29) is 23.0 Å². The van der Waals surface area contributed by atoms with Crippen molar-refractivity contribution in [1.29, 1.82) is 0 Å². The maximum Gasteiger partial charge on any atom is 0.264 e. The highest BCUT2D eigenvalue weighted by Gasteiger charge is 2.33. The molecule has 3 rings (SSSR count). The van der Waals surface area contributed by atoms with Gasteiger partial charge in [0.25, 0.3) is 10.0 Å². The van der Waals surface area contributed by atoms with E-state index in [4.69, 9.17) is 16.3 Å². The number of nitrogens with one attached hydrogen (secondary N) is 1. The molecule has 0 saturated carbocycles. The van der Waals surface area contributed by atoms with Crippen LogP contribution < -0.4 is 14.4 Å². The van der Waals surface area contributed by atoms with Crippen LogP contribution in [0.25, 0.3) is 0 Å². The van der Waals surface area contributed by atoms with Crippen LogP contribution in [0.1, 0.15) is 33.3 Å². The number of amides is 2. The molecular formula is C29H34ClN3O5S. The van der Waals surface area contributed by atoms with Crippen molar-refractivity contribution in [2.45, 2.75) is 50.7 Å². The lowest BCUT2D eigenvalue weighted by molar-refractivity contribution is -0.140. The standard InChI is InChI=1S/C29H34ClN3O5S/c1-21(28(35)31-29(2,3)4)32(19-22-11-9-12-23(30)17-22)27(34)20-33(24-13-10-14-25(18-24)38-5)39(36,37)26-15-7-6-8-16-26/h6-18,21H,19-20H2,1-5H3,(H,31,35)/t21-/m1/s1. The molecular weight excluding hydrogens is 538 g/mol. The molecule has 0 aliphatic rings. The zero-order valence-corrected chi connectivity index (χ0v) is 24.3. The third-order valence-electron chi connectivity index (χ3n) is 5.86. The van der Waals surface area contributed by atoms with Crippen molar-refractivity contribution in [1.82, 2.24) is 10.2 Å². The molecule has 0 spiro atoms. The smallest absolute Gasteiger partial charge is 0.264 e. The lowest BCUT2D eigenvalue weighted by Gasteiger charge is -2.33. The minimum absolute atomic E-state index is 0.0283. The molecule has 1 atom stereocenters. The van der Waals surface area contributed by atoms with Crippen molar-refractivity contribution in [3.05, 3.63) is 89.4 Å². The molecule has 0 aliphatic carbocycles. The number of rotatable bonds is 10. The van der Waals surface area contributed by atoms with Gasteiger partial charge in [0.1, 0.15) is 18.3 Å². The molecule has 0 unspecified atom stereocenters. The predicted octanol–water partition coefficient (Wildman–Crippen LogP) is 4.88. The Balaban J connectivity index is 2.05. The number of sulfonamides is 1. The molecule has 3 aromatic rings. The SMILES string of the molecule is COc1cccc(N(CC(=O)N(Cc2cccc(Cl)c2)[C@H](C)C(=O)NC(C)(C)C)S(=O)(=O)c2ccccc2)c1. The van der Waals surface area contributed by atoms with Crippen LogP contribution in [-0.2, 0) is 26.2 Å². The van der Waals surface area contributed by atoms with E-state index in [1.165, 1.54) is 24.1 Å². The van der Waals surface area contributed by atoms with Crippen LogP contribution in [-0.4, -0.2) is 50.4 Å². The number of halogens is 1. The summed E-state index contributed by atoms with van der Waals surface area (Å²) < 4.78 is 33.9. The number of methoxy groups -OCH3 is 1. The fourth-order valence-corrected chi connectivity index (χ4v) is 5.54. The Labute approximate surface area is 235 Å². The third-order valence-corrected chi connectivity index (χ3v) is 7.88. The molecule has 0 radical (unpaired) electrons. The number of carbonyl (C=O) groups excluding carboxylic acids is 2. The van der Waals surface area contributed by atoms with Crippen molar-refractivity contribution in [3.8, 4) is 5.75 Å². The molecule has 8 nitrogen and oxygen atoms in total. The Morgan fingerprint density at radius 1 is 0.974 bits per heavy atom. The highest BCUT2D eigenvalue weighted by atomic mass is 35.5. The quantitative estimate of drug-likeness (QED) is 0.374. The van der Waals surface area contributed by atoms with E-state index in [0.29, 0.717) is 16.3 Å². The lowest BCUT2D eigenvalue weighted by atomic mass is 10.1. The zero-order valence-electron chi connectivity index (χ0n) is 22.7. The summed E-state index contributed by atoms with van der Waals surface area (Å²) in [5, 5.41) is 3.38. The average Bonchev–Trinajstić information content (AvgIpc) is 2.89. The van der Waals surface area contributed by atoms with Gasteiger partial charge < -0.3 is 15.0 Å². The average molecular weight is 572 g/mol. The van der Waals surface area contributed by atoms with Gasteiger partial charge in [-0.3, -0.25) is 13.9 Å². The van der Waals surface area contributed by atoms with Crippen molar-refractivity contribution in [2.24, 2.45) is 0 Å². The van der Waals surface area contributed by atoms with Crippen LogP contribution >= 0.6 is 11.6 Å². The summed E-state index contributed by atoms with van der Waals surface area (Å²) in [6.07, 6.45) is 0. The van der Waals surface area contributed by atoms with Gasteiger partial charge in [0.2, 0.25) is 11.8 Å². The summed E-state index contributed by atoms with van der Waals surface area (Å²) >= 11 is 6.18. The van der Waals surface area contributed by atoms with Crippen molar-refractivity contribution in [2.75, 3.05) is 18.0 Å². The number of benzene rings is 3. The van der Waals surface area contributed by atoms with Crippen molar-refractivity contribution < 1.29 is 22.7 Å². The minimum atomic E-state index is -4.15. The van der Waals surface area contributed by atoms with Crippen LogP contribution in [0.15, 0.2) is 83.8 Å². The first-order valence-corrected chi connectivity index (χ1v) is 14.2. The molecule has 0 saturated heterocycles. The van der Waals surface area contributed by atoms with Gasteiger partial charge in [-0.05, 0) is 69.7 Å². The number of hydrogen-bond donors (Lipinski definition) is 1. The van der Waals surface area contributed by atoms with Crippen LogP contribution in [0.5, 0.6) is 5.75 Å². The second-order valence-electron chi connectivity index (χ2n) is 10.1. The Morgan fingerprint density at radius 2 is 1.64 bits per heavy atom. The van der Waals surface area contributed by atoms with Gasteiger partial charge in [-0.1, -0.05) is 48.0 Å². The van der Waals surface area contributed by atoms with Crippen molar-refractivity contribution >= 4 is 39.1 Å². The Hall–Kier alpha value is -3.56. The molecule has 2 amide bonds. The minimum Gasteiger partial charge on any atom is -0.497 e. The topological polar surface area (TPSA) is 96.0 Å². The first-order chi connectivity index (χ1) is 18.3. The second-order valence-corrected chi connectivity index (χ2v) is 12.4. The van der Waals surface area contributed by atoms with E-state index in [1.54, 1.807) is 73.7 Å². The van der Waals surface area contributed by atoms with Gasteiger partial charge in [0.15, 0.2) is 0 Å². The molecule has 0 fully saturated rings. The summed E-state index contributed by atoms with van der Waals surface area (Å²) in [5.74, 6) is -0.493. The van der Waals surface area contributed by atoms with Gasteiger partial charge in [-0.15, -0.1) is 0 Å². The first kappa shape index (κ1) is 30.0. The molecule has 39 heavy (non-hydrogen) atoms.